The van der Waals surface area contributed by atoms with E-state index < -0.39 is 0 Å². The Morgan fingerprint density at radius 1 is 0.933 bits per heavy atom. The number of aliphatic hydroxyl groups excluding tert-OH is 1. The lowest BCUT2D eigenvalue weighted by Crippen LogP contribution is -1.85. The Balaban J connectivity index is 0.000000531. The molecule has 0 aliphatic carbocycles. The lowest BCUT2D eigenvalue weighted by Gasteiger charge is -2.04. The van der Waals surface area contributed by atoms with Gasteiger partial charge >= 0.3 is 0 Å². The van der Waals surface area contributed by atoms with E-state index in [1.807, 2.05) is 38.1 Å². The molecule has 0 atom stereocenters. The Kier molecular flexibility index (Phi) is 4.13. The highest BCUT2D eigenvalue weighted by atomic mass is 16.3. The maximum atomic E-state index is 9.51. The van der Waals surface area contributed by atoms with Crippen LogP contribution in [0, 0.1) is 0 Å². The number of benzene rings is 2. The third-order valence-electron chi connectivity index (χ3n) is 2.16. The van der Waals surface area contributed by atoms with Crippen LogP contribution in [0.5, 0.6) is 5.75 Å². The molecule has 0 radical (unpaired) electrons. The molecule has 0 unspecified atom stereocenters. The van der Waals surface area contributed by atoms with Crippen molar-refractivity contribution in [1.82, 2.24) is 0 Å². The first kappa shape index (κ1) is 11.5. The highest BCUT2D eigenvalue weighted by Gasteiger charge is 2.02. The van der Waals surface area contributed by atoms with Gasteiger partial charge in [0.25, 0.3) is 0 Å². The zero-order valence-electron chi connectivity index (χ0n) is 9.07. The van der Waals surface area contributed by atoms with Crippen LogP contribution in [0.3, 0.4) is 0 Å². The Labute approximate surface area is 89.8 Å². The molecule has 15 heavy (non-hydrogen) atoms. The average molecular weight is 204 g/mol. The Bertz CT molecular complexity index is 435. The molecular formula is C13H16O2. The molecule has 2 N–H and O–H groups in total. The Morgan fingerprint density at radius 2 is 1.53 bits per heavy atom. The normalized spacial score (nSPS) is 9.53. The van der Waals surface area contributed by atoms with Crippen molar-refractivity contribution in [3.63, 3.8) is 0 Å². The highest BCUT2D eigenvalue weighted by molar-refractivity contribution is 5.90. The van der Waals surface area contributed by atoms with Gasteiger partial charge in [-0.05, 0) is 17.0 Å². The molecule has 0 saturated carbocycles. The highest BCUT2D eigenvalue weighted by Crippen LogP contribution is 2.27. The third kappa shape index (κ3) is 2.28. The molecule has 0 bridgehead atoms. The van der Waals surface area contributed by atoms with Crippen LogP contribution in [0.25, 0.3) is 10.8 Å². The van der Waals surface area contributed by atoms with Crippen molar-refractivity contribution < 1.29 is 10.2 Å². The standard InChI is InChI=1S/C11H10O2.C2H6/c12-7-8-5-6-11(13)10-4-2-1-3-9(8)10;1-2/h1-6,12-13H,7H2;1-2H3. The summed E-state index contributed by atoms with van der Waals surface area (Å²) in [5.74, 6) is 0.257. The van der Waals surface area contributed by atoms with Crippen LogP contribution in [0.1, 0.15) is 19.4 Å². The van der Waals surface area contributed by atoms with Crippen molar-refractivity contribution in [2.75, 3.05) is 0 Å². The first-order valence-corrected chi connectivity index (χ1v) is 5.13. The largest absolute Gasteiger partial charge is 0.507 e. The summed E-state index contributed by atoms with van der Waals surface area (Å²) in [6.07, 6.45) is 0. The van der Waals surface area contributed by atoms with E-state index in [1.165, 1.54) is 0 Å². The fourth-order valence-corrected chi connectivity index (χ4v) is 1.48. The van der Waals surface area contributed by atoms with Gasteiger partial charge in [-0.25, -0.2) is 0 Å². The smallest absolute Gasteiger partial charge is 0.123 e. The van der Waals surface area contributed by atoms with Crippen molar-refractivity contribution in [2.24, 2.45) is 0 Å². The van der Waals surface area contributed by atoms with E-state index in [9.17, 15) is 5.11 Å². The number of hydrogen-bond acceptors (Lipinski definition) is 2. The van der Waals surface area contributed by atoms with Crippen molar-refractivity contribution in [2.45, 2.75) is 20.5 Å². The van der Waals surface area contributed by atoms with E-state index in [0.717, 1.165) is 16.3 Å². The summed E-state index contributed by atoms with van der Waals surface area (Å²) in [7, 11) is 0. The molecule has 0 spiro atoms. The Hall–Kier alpha value is -1.54. The summed E-state index contributed by atoms with van der Waals surface area (Å²) in [5.41, 5.74) is 0.841. The van der Waals surface area contributed by atoms with Crippen molar-refractivity contribution in [3.05, 3.63) is 42.0 Å². The molecule has 0 saturated heterocycles. The fraction of sp³-hybridized carbons (Fsp3) is 0.231. The number of aromatic hydroxyl groups is 1. The summed E-state index contributed by atoms with van der Waals surface area (Å²) in [6.45, 7) is 4.00. The predicted octanol–water partition coefficient (Wildman–Crippen LogP) is 3.06. The lowest BCUT2D eigenvalue weighted by atomic mass is 10.0. The van der Waals surface area contributed by atoms with Gasteiger partial charge < -0.3 is 10.2 Å². The second-order valence-electron chi connectivity index (χ2n) is 2.95. The molecule has 0 amide bonds. The van der Waals surface area contributed by atoms with Gasteiger partial charge in [-0.2, -0.15) is 0 Å². The average Bonchev–Trinajstić information content (AvgIpc) is 2.33. The van der Waals surface area contributed by atoms with E-state index in [-0.39, 0.29) is 12.4 Å². The molecule has 2 aromatic rings. The number of rotatable bonds is 1. The summed E-state index contributed by atoms with van der Waals surface area (Å²) >= 11 is 0. The van der Waals surface area contributed by atoms with Gasteiger partial charge in [-0.15, -0.1) is 0 Å². The summed E-state index contributed by atoms with van der Waals surface area (Å²) in [4.78, 5) is 0. The second kappa shape index (κ2) is 5.37. The minimum absolute atomic E-state index is 0.000787. The molecule has 0 aliphatic rings. The van der Waals surface area contributed by atoms with Gasteiger partial charge in [-0.3, -0.25) is 0 Å². The van der Waals surface area contributed by atoms with Crippen LogP contribution in [0.4, 0.5) is 0 Å². The topological polar surface area (TPSA) is 40.5 Å². The van der Waals surface area contributed by atoms with Crippen molar-refractivity contribution in [3.8, 4) is 5.75 Å². The minimum atomic E-state index is 0.000787. The third-order valence-corrected chi connectivity index (χ3v) is 2.16. The minimum Gasteiger partial charge on any atom is -0.507 e. The van der Waals surface area contributed by atoms with Gasteiger partial charge in [0.15, 0.2) is 0 Å². The second-order valence-corrected chi connectivity index (χ2v) is 2.95. The zero-order chi connectivity index (χ0) is 11.3. The van der Waals surface area contributed by atoms with Crippen LogP contribution in [0.15, 0.2) is 36.4 Å². The summed E-state index contributed by atoms with van der Waals surface area (Å²) < 4.78 is 0. The molecule has 2 heteroatoms. The zero-order valence-corrected chi connectivity index (χ0v) is 9.07. The first-order chi connectivity index (χ1) is 7.33. The van der Waals surface area contributed by atoms with E-state index in [2.05, 4.69) is 0 Å². The maximum absolute atomic E-state index is 9.51. The van der Waals surface area contributed by atoms with Gasteiger partial charge in [-0.1, -0.05) is 44.2 Å². The van der Waals surface area contributed by atoms with E-state index in [4.69, 9.17) is 5.11 Å². The van der Waals surface area contributed by atoms with Crippen LogP contribution < -0.4 is 0 Å². The number of fused-ring (bicyclic) bond motifs is 1. The van der Waals surface area contributed by atoms with Gasteiger partial charge in [0, 0.05) is 5.39 Å². The fourth-order valence-electron chi connectivity index (χ4n) is 1.48. The molecule has 0 aromatic heterocycles. The van der Waals surface area contributed by atoms with Gasteiger partial charge in [0.2, 0.25) is 0 Å². The number of hydrogen-bond donors (Lipinski definition) is 2. The molecule has 80 valence electrons. The van der Waals surface area contributed by atoms with Crippen LogP contribution in [-0.2, 0) is 6.61 Å². The number of aliphatic hydroxyl groups is 1. The number of phenolic OH excluding ortho intramolecular Hbond substituents is 1. The van der Waals surface area contributed by atoms with Crippen molar-refractivity contribution >= 4 is 10.8 Å². The Morgan fingerprint density at radius 3 is 2.13 bits per heavy atom. The summed E-state index contributed by atoms with van der Waals surface area (Å²) in [6, 6.07) is 10.8. The van der Waals surface area contributed by atoms with Gasteiger partial charge in [0.1, 0.15) is 5.75 Å². The lowest BCUT2D eigenvalue weighted by molar-refractivity contribution is 0.283. The van der Waals surface area contributed by atoms with Crippen LogP contribution in [-0.4, -0.2) is 10.2 Å². The predicted molar refractivity (Wildman–Crippen MR) is 62.9 cm³/mol. The van der Waals surface area contributed by atoms with Crippen LogP contribution in [0.2, 0.25) is 0 Å². The van der Waals surface area contributed by atoms with E-state index >= 15 is 0 Å². The molecule has 0 aliphatic heterocycles. The maximum Gasteiger partial charge on any atom is 0.123 e. The molecule has 0 fully saturated rings. The van der Waals surface area contributed by atoms with Crippen LogP contribution >= 0.6 is 0 Å². The molecule has 2 aromatic carbocycles. The summed E-state index contributed by atoms with van der Waals surface area (Å²) in [5, 5.41) is 20.2. The SMILES string of the molecule is CC.OCc1ccc(O)c2ccccc12. The monoisotopic (exact) mass is 204 g/mol. The number of phenols is 1. The molecular weight excluding hydrogens is 188 g/mol. The molecule has 2 rings (SSSR count). The van der Waals surface area contributed by atoms with Crippen molar-refractivity contribution in [1.29, 1.82) is 0 Å². The first-order valence-electron chi connectivity index (χ1n) is 5.13. The van der Waals surface area contributed by atoms with E-state index in [0.29, 0.717) is 0 Å². The quantitative estimate of drug-likeness (QED) is 0.749. The van der Waals surface area contributed by atoms with Gasteiger partial charge in [0.05, 0.1) is 6.61 Å². The molecule has 0 heterocycles. The molecule has 2 nitrogen and oxygen atoms in total. The van der Waals surface area contributed by atoms with E-state index in [1.54, 1.807) is 12.1 Å².